The summed E-state index contributed by atoms with van der Waals surface area (Å²) in [5, 5.41) is 2.58. The van der Waals surface area contributed by atoms with Crippen molar-refractivity contribution >= 4 is 17.5 Å². The van der Waals surface area contributed by atoms with E-state index in [4.69, 9.17) is 0 Å². The van der Waals surface area contributed by atoms with Crippen LogP contribution in [-0.4, -0.2) is 24.9 Å². The number of benzene rings is 3. The first-order valence-electron chi connectivity index (χ1n) is 8.95. The fraction of sp³-hybridized carbons (Fsp3) is 0.130. The summed E-state index contributed by atoms with van der Waals surface area (Å²) in [6.07, 6.45) is 0. The normalized spacial score (nSPS) is 14.2. The van der Waals surface area contributed by atoms with Crippen molar-refractivity contribution in [1.82, 2.24) is 5.32 Å². The topological polar surface area (TPSA) is 49.4 Å². The molecular formula is C23H20N2O2. The van der Waals surface area contributed by atoms with E-state index < -0.39 is 0 Å². The summed E-state index contributed by atoms with van der Waals surface area (Å²) in [5.41, 5.74) is 6.34. The molecule has 1 aliphatic heterocycles. The van der Waals surface area contributed by atoms with E-state index in [1.165, 1.54) is 11.1 Å². The predicted octanol–water partition coefficient (Wildman–Crippen LogP) is 3.79. The van der Waals surface area contributed by atoms with Crippen molar-refractivity contribution < 1.29 is 9.59 Å². The number of rotatable bonds is 3. The van der Waals surface area contributed by atoms with Crippen LogP contribution in [0.2, 0.25) is 0 Å². The van der Waals surface area contributed by atoms with Crippen molar-refractivity contribution in [2.45, 2.75) is 6.92 Å². The van der Waals surface area contributed by atoms with Crippen LogP contribution in [0.3, 0.4) is 0 Å². The molecule has 1 saturated heterocycles. The van der Waals surface area contributed by atoms with E-state index in [1.807, 2.05) is 37.3 Å². The Morgan fingerprint density at radius 1 is 0.778 bits per heavy atom. The fourth-order valence-electron chi connectivity index (χ4n) is 3.40. The van der Waals surface area contributed by atoms with Gasteiger partial charge in [-0.3, -0.25) is 9.59 Å². The van der Waals surface area contributed by atoms with Crippen LogP contribution in [0.25, 0.3) is 22.3 Å². The summed E-state index contributed by atoms with van der Waals surface area (Å²) < 4.78 is 0. The maximum absolute atomic E-state index is 12.1. The number of aryl methyl sites for hydroxylation is 1. The standard InChI is InChI=1S/C23H20N2O2/c1-16-13-20(11-12-21(16)25-15-22(26)24-14-23(25)27)19-9-7-18(8-10-19)17-5-3-2-4-6-17/h2-13H,14-15H2,1H3,(H,24,26). The SMILES string of the molecule is Cc1cc(-c2ccc(-c3ccccc3)cc2)ccc1N1CC(=O)NCC1=O. The van der Waals surface area contributed by atoms with Gasteiger partial charge in [-0.25, -0.2) is 0 Å². The lowest BCUT2D eigenvalue weighted by Crippen LogP contribution is -2.51. The van der Waals surface area contributed by atoms with Crippen LogP contribution in [0, 0.1) is 6.92 Å². The van der Waals surface area contributed by atoms with Gasteiger partial charge in [0.25, 0.3) is 0 Å². The second-order valence-corrected chi connectivity index (χ2v) is 6.70. The molecule has 0 radical (unpaired) electrons. The Kier molecular flexibility index (Phi) is 4.47. The molecule has 0 atom stereocenters. The van der Waals surface area contributed by atoms with Gasteiger partial charge in [-0.2, -0.15) is 0 Å². The van der Waals surface area contributed by atoms with Gasteiger partial charge >= 0.3 is 0 Å². The van der Waals surface area contributed by atoms with Gasteiger partial charge in [-0.15, -0.1) is 0 Å². The highest BCUT2D eigenvalue weighted by Gasteiger charge is 2.25. The van der Waals surface area contributed by atoms with Gasteiger partial charge < -0.3 is 10.2 Å². The number of hydrogen-bond acceptors (Lipinski definition) is 2. The third kappa shape index (κ3) is 3.47. The molecule has 2 amide bonds. The molecule has 3 aromatic carbocycles. The van der Waals surface area contributed by atoms with Crippen molar-refractivity contribution in [3.8, 4) is 22.3 Å². The number of nitrogens with one attached hydrogen (secondary N) is 1. The Morgan fingerprint density at radius 3 is 2.04 bits per heavy atom. The van der Waals surface area contributed by atoms with Crippen molar-refractivity contribution in [2.24, 2.45) is 0 Å². The quantitative estimate of drug-likeness (QED) is 0.776. The predicted molar refractivity (Wildman–Crippen MR) is 107 cm³/mol. The number of hydrogen-bond donors (Lipinski definition) is 1. The molecule has 0 saturated carbocycles. The van der Waals surface area contributed by atoms with Crippen LogP contribution in [0.15, 0.2) is 72.8 Å². The Hall–Kier alpha value is -3.40. The maximum Gasteiger partial charge on any atom is 0.246 e. The highest BCUT2D eigenvalue weighted by Crippen LogP contribution is 2.29. The third-order valence-corrected chi connectivity index (χ3v) is 4.85. The van der Waals surface area contributed by atoms with Gasteiger partial charge in [0.1, 0.15) is 6.54 Å². The first-order chi connectivity index (χ1) is 13.1. The highest BCUT2D eigenvalue weighted by molar-refractivity contribution is 6.05. The molecule has 4 rings (SSSR count). The molecule has 3 aromatic rings. The molecule has 0 unspecified atom stereocenters. The maximum atomic E-state index is 12.1. The zero-order valence-electron chi connectivity index (χ0n) is 15.1. The molecule has 4 heteroatoms. The van der Waals surface area contributed by atoms with Crippen LogP contribution in [0.4, 0.5) is 5.69 Å². The lowest BCUT2D eigenvalue weighted by atomic mass is 9.98. The molecule has 0 spiro atoms. The van der Waals surface area contributed by atoms with E-state index in [9.17, 15) is 9.59 Å². The largest absolute Gasteiger partial charge is 0.345 e. The summed E-state index contributed by atoms with van der Waals surface area (Å²) in [6.45, 7) is 2.10. The van der Waals surface area contributed by atoms with E-state index >= 15 is 0 Å². The second-order valence-electron chi connectivity index (χ2n) is 6.70. The minimum absolute atomic E-state index is 0.0565. The van der Waals surface area contributed by atoms with Crippen molar-refractivity contribution in [3.05, 3.63) is 78.4 Å². The molecule has 0 bridgehead atoms. The molecule has 27 heavy (non-hydrogen) atoms. The van der Waals surface area contributed by atoms with Crippen molar-refractivity contribution in [3.63, 3.8) is 0 Å². The summed E-state index contributed by atoms with van der Waals surface area (Å²) in [6, 6.07) is 24.7. The van der Waals surface area contributed by atoms with E-state index in [0.717, 1.165) is 22.4 Å². The monoisotopic (exact) mass is 356 g/mol. The average Bonchev–Trinajstić information content (AvgIpc) is 2.71. The summed E-state index contributed by atoms with van der Waals surface area (Å²) in [5.74, 6) is -0.216. The second kappa shape index (κ2) is 7.08. The Morgan fingerprint density at radius 2 is 1.37 bits per heavy atom. The summed E-state index contributed by atoms with van der Waals surface area (Å²) in [4.78, 5) is 25.3. The Labute approximate surface area is 158 Å². The van der Waals surface area contributed by atoms with Gasteiger partial charge in [0.2, 0.25) is 11.8 Å². The molecule has 1 aliphatic rings. The first-order valence-corrected chi connectivity index (χ1v) is 8.95. The minimum Gasteiger partial charge on any atom is -0.345 e. The summed E-state index contributed by atoms with van der Waals surface area (Å²) >= 11 is 0. The van der Waals surface area contributed by atoms with Crippen LogP contribution >= 0.6 is 0 Å². The number of amides is 2. The zero-order chi connectivity index (χ0) is 18.8. The van der Waals surface area contributed by atoms with E-state index in [-0.39, 0.29) is 24.9 Å². The van der Waals surface area contributed by atoms with Crippen LogP contribution in [-0.2, 0) is 9.59 Å². The van der Waals surface area contributed by atoms with Crippen LogP contribution in [0.1, 0.15) is 5.56 Å². The molecule has 1 heterocycles. The molecule has 0 aliphatic carbocycles. The number of piperazine rings is 1. The zero-order valence-corrected chi connectivity index (χ0v) is 15.1. The number of carbonyl (C=O) groups excluding carboxylic acids is 2. The fourth-order valence-corrected chi connectivity index (χ4v) is 3.40. The third-order valence-electron chi connectivity index (χ3n) is 4.85. The number of anilines is 1. The first kappa shape index (κ1) is 17.0. The van der Waals surface area contributed by atoms with Crippen LogP contribution < -0.4 is 10.2 Å². The molecule has 1 fully saturated rings. The number of nitrogens with zero attached hydrogens (tertiary/aromatic N) is 1. The van der Waals surface area contributed by atoms with E-state index in [0.29, 0.717) is 0 Å². The van der Waals surface area contributed by atoms with Crippen LogP contribution in [0.5, 0.6) is 0 Å². The van der Waals surface area contributed by atoms with Gasteiger partial charge in [0.15, 0.2) is 0 Å². The van der Waals surface area contributed by atoms with E-state index in [1.54, 1.807) is 4.90 Å². The highest BCUT2D eigenvalue weighted by atomic mass is 16.2. The van der Waals surface area contributed by atoms with Crippen molar-refractivity contribution in [1.29, 1.82) is 0 Å². The van der Waals surface area contributed by atoms with E-state index in [2.05, 4.69) is 47.8 Å². The minimum atomic E-state index is -0.130. The summed E-state index contributed by atoms with van der Waals surface area (Å²) in [7, 11) is 0. The van der Waals surface area contributed by atoms with Gasteiger partial charge in [-0.1, -0.05) is 60.7 Å². The average molecular weight is 356 g/mol. The lowest BCUT2D eigenvalue weighted by Gasteiger charge is -2.28. The molecule has 134 valence electrons. The Balaban J connectivity index is 1.61. The Bertz CT molecular complexity index is 995. The smallest absolute Gasteiger partial charge is 0.246 e. The van der Waals surface area contributed by atoms with Crippen molar-refractivity contribution in [2.75, 3.05) is 18.0 Å². The molecule has 4 nitrogen and oxygen atoms in total. The van der Waals surface area contributed by atoms with Gasteiger partial charge in [0, 0.05) is 5.69 Å². The molecule has 0 aromatic heterocycles. The lowest BCUT2D eigenvalue weighted by molar-refractivity contribution is -0.128. The van der Waals surface area contributed by atoms with Gasteiger partial charge in [-0.05, 0) is 46.9 Å². The van der Waals surface area contributed by atoms with Gasteiger partial charge in [0.05, 0.1) is 6.54 Å². The number of carbonyl (C=O) groups is 2. The molecule has 1 N–H and O–H groups in total. The molecular weight excluding hydrogens is 336 g/mol.